The molecule has 100 valence electrons. The van der Waals surface area contributed by atoms with E-state index in [0.717, 1.165) is 25.3 Å². The highest BCUT2D eigenvalue weighted by Crippen LogP contribution is 2.25. The van der Waals surface area contributed by atoms with Crippen LogP contribution in [0.4, 0.5) is 0 Å². The highest BCUT2D eigenvalue weighted by Gasteiger charge is 2.26. The lowest BCUT2D eigenvalue weighted by atomic mass is 9.86. The number of nitrogens with two attached hydrogens (primary N) is 1. The van der Waals surface area contributed by atoms with Gasteiger partial charge in [0.25, 0.3) is 0 Å². The van der Waals surface area contributed by atoms with E-state index in [1.807, 2.05) is 0 Å². The molecule has 0 aromatic carbocycles. The Labute approximate surface area is 106 Å². The average Bonchev–Trinajstić information content (AvgIpc) is 2.24. The number of nitrogens with zero attached hydrogens (tertiary/aromatic N) is 1. The Kier molecular flexibility index (Phi) is 4.99. The third kappa shape index (κ3) is 3.98. The van der Waals surface area contributed by atoms with Crippen molar-refractivity contribution in [1.29, 1.82) is 5.41 Å². The number of hydrogen-bond acceptors (Lipinski definition) is 2. The smallest absolute Gasteiger partial charge is 0.0963 e. The lowest BCUT2D eigenvalue weighted by Gasteiger charge is -2.38. The summed E-state index contributed by atoms with van der Waals surface area (Å²) in [5, 5.41) is 7.56. The molecular weight excluding hydrogens is 210 g/mol. The molecule has 3 N–H and O–H groups in total. The number of likely N-dealkylation sites (tertiary alicyclic amines) is 1. The first-order valence-electron chi connectivity index (χ1n) is 6.93. The maximum atomic E-state index is 7.56. The molecule has 2 atom stereocenters. The minimum atomic E-state index is -0.134. The van der Waals surface area contributed by atoms with Crippen LogP contribution in [0, 0.1) is 16.7 Å². The molecule has 17 heavy (non-hydrogen) atoms. The first-order valence-corrected chi connectivity index (χ1v) is 6.93. The molecule has 1 aliphatic rings. The zero-order chi connectivity index (χ0) is 13.1. The van der Waals surface area contributed by atoms with Crippen molar-refractivity contribution >= 4 is 5.84 Å². The van der Waals surface area contributed by atoms with Crippen LogP contribution in [0.25, 0.3) is 0 Å². The van der Waals surface area contributed by atoms with Gasteiger partial charge in [-0.15, -0.1) is 0 Å². The molecule has 1 heterocycles. The summed E-state index contributed by atoms with van der Waals surface area (Å²) < 4.78 is 0. The minimum Gasteiger partial charge on any atom is -0.387 e. The molecule has 2 unspecified atom stereocenters. The Balaban J connectivity index is 2.33. The quantitative estimate of drug-likeness (QED) is 0.572. The fraction of sp³-hybridized carbons (Fsp3) is 0.929. The standard InChI is InChI=1S/C14H29N3/c1-11-7-5-9-17(12(11)2)10-6-8-14(3,4)13(15)16/h11-12H,5-10H2,1-4H3,(H3,15,16). The summed E-state index contributed by atoms with van der Waals surface area (Å²) in [7, 11) is 0. The van der Waals surface area contributed by atoms with Crippen LogP contribution in [0.3, 0.4) is 0 Å². The molecule has 0 bridgehead atoms. The van der Waals surface area contributed by atoms with Crippen LogP contribution in [0.5, 0.6) is 0 Å². The summed E-state index contributed by atoms with van der Waals surface area (Å²) in [4.78, 5) is 2.60. The second-order valence-electron chi connectivity index (χ2n) is 6.30. The van der Waals surface area contributed by atoms with E-state index in [9.17, 15) is 0 Å². The molecule has 1 aliphatic heterocycles. The van der Waals surface area contributed by atoms with Gasteiger partial charge in [-0.3, -0.25) is 5.41 Å². The summed E-state index contributed by atoms with van der Waals surface area (Å²) in [5.74, 6) is 1.14. The molecule has 0 aromatic rings. The van der Waals surface area contributed by atoms with Gasteiger partial charge in [0.05, 0.1) is 5.84 Å². The average molecular weight is 239 g/mol. The van der Waals surface area contributed by atoms with Crippen molar-refractivity contribution in [2.75, 3.05) is 13.1 Å². The number of nitrogens with one attached hydrogen (secondary N) is 1. The number of rotatable bonds is 5. The van der Waals surface area contributed by atoms with Crippen molar-refractivity contribution in [2.45, 2.75) is 59.4 Å². The van der Waals surface area contributed by atoms with Gasteiger partial charge < -0.3 is 10.6 Å². The summed E-state index contributed by atoms with van der Waals surface area (Å²) in [6.45, 7) is 11.2. The zero-order valence-electron chi connectivity index (χ0n) is 11.9. The maximum absolute atomic E-state index is 7.56. The van der Waals surface area contributed by atoms with Crippen molar-refractivity contribution in [3.05, 3.63) is 0 Å². The monoisotopic (exact) mass is 239 g/mol. The molecule has 0 amide bonds. The van der Waals surface area contributed by atoms with Crippen LogP contribution >= 0.6 is 0 Å². The molecule has 1 rings (SSSR count). The van der Waals surface area contributed by atoms with E-state index in [4.69, 9.17) is 11.1 Å². The minimum absolute atomic E-state index is 0.134. The van der Waals surface area contributed by atoms with Gasteiger partial charge >= 0.3 is 0 Å². The molecule has 0 saturated carbocycles. The van der Waals surface area contributed by atoms with Crippen LogP contribution < -0.4 is 5.73 Å². The molecular formula is C14H29N3. The first-order chi connectivity index (χ1) is 7.84. The molecule has 1 fully saturated rings. The Morgan fingerprint density at radius 3 is 2.65 bits per heavy atom. The summed E-state index contributed by atoms with van der Waals surface area (Å²) in [6.07, 6.45) is 4.86. The van der Waals surface area contributed by atoms with Crippen LogP contribution in [0.2, 0.25) is 0 Å². The third-order valence-electron chi connectivity index (χ3n) is 4.48. The summed E-state index contributed by atoms with van der Waals surface area (Å²) in [6, 6.07) is 0.712. The van der Waals surface area contributed by atoms with Crippen LogP contribution in [0.15, 0.2) is 0 Å². The Morgan fingerprint density at radius 1 is 1.41 bits per heavy atom. The summed E-state index contributed by atoms with van der Waals surface area (Å²) >= 11 is 0. The van der Waals surface area contributed by atoms with Crippen LogP contribution in [-0.4, -0.2) is 29.9 Å². The normalized spacial score (nSPS) is 27.1. The maximum Gasteiger partial charge on any atom is 0.0963 e. The van der Waals surface area contributed by atoms with E-state index in [-0.39, 0.29) is 5.41 Å². The number of hydrogen-bond donors (Lipinski definition) is 2. The molecule has 0 spiro atoms. The predicted molar refractivity (Wildman–Crippen MR) is 74.4 cm³/mol. The van der Waals surface area contributed by atoms with E-state index in [1.54, 1.807) is 0 Å². The van der Waals surface area contributed by atoms with E-state index in [1.165, 1.54) is 19.4 Å². The van der Waals surface area contributed by atoms with Crippen LogP contribution in [0.1, 0.15) is 53.4 Å². The van der Waals surface area contributed by atoms with Crippen LogP contribution in [-0.2, 0) is 0 Å². The lowest BCUT2D eigenvalue weighted by molar-refractivity contribution is 0.109. The van der Waals surface area contributed by atoms with E-state index < -0.39 is 0 Å². The second kappa shape index (κ2) is 5.85. The van der Waals surface area contributed by atoms with Gasteiger partial charge in [-0.25, -0.2) is 0 Å². The Morgan fingerprint density at radius 2 is 2.06 bits per heavy atom. The second-order valence-corrected chi connectivity index (χ2v) is 6.30. The van der Waals surface area contributed by atoms with Crippen molar-refractivity contribution in [3.8, 4) is 0 Å². The largest absolute Gasteiger partial charge is 0.387 e. The third-order valence-corrected chi connectivity index (χ3v) is 4.48. The molecule has 0 aliphatic carbocycles. The van der Waals surface area contributed by atoms with E-state index in [0.29, 0.717) is 11.9 Å². The Hall–Kier alpha value is -0.570. The first kappa shape index (κ1) is 14.5. The fourth-order valence-electron chi connectivity index (χ4n) is 2.60. The number of piperidine rings is 1. The summed E-state index contributed by atoms with van der Waals surface area (Å²) in [5.41, 5.74) is 5.47. The highest BCUT2D eigenvalue weighted by atomic mass is 15.2. The van der Waals surface area contributed by atoms with Crippen molar-refractivity contribution in [3.63, 3.8) is 0 Å². The molecule has 0 radical (unpaired) electrons. The topological polar surface area (TPSA) is 53.1 Å². The van der Waals surface area contributed by atoms with Crippen molar-refractivity contribution in [2.24, 2.45) is 17.1 Å². The van der Waals surface area contributed by atoms with Crippen molar-refractivity contribution < 1.29 is 0 Å². The zero-order valence-corrected chi connectivity index (χ0v) is 11.9. The molecule has 1 saturated heterocycles. The molecule has 3 nitrogen and oxygen atoms in total. The van der Waals surface area contributed by atoms with Gasteiger partial charge in [0, 0.05) is 11.5 Å². The fourth-order valence-corrected chi connectivity index (χ4v) is 2.60. The predicted octanol–water partition coefficient (Wildman–Crippen LogP) is 2.85. The molecule has 3 heteroatoms. The van der Waals surface area contributed by atoms with E-state index in [2.05, 4.69) is 32.6 Å². The molecule has 0 aromatic heterocycles. The van der Waals surface area contributed by atoms with Gasteiger partial charge in [-0.05, 0) is 51.6 Å². The van der Waals surface area contributed by atoms with Gasteiger partial charge in [0.1, 0.15) is 0 Å². The lowest BCUT2D eigenvalue weighted by Crippen LogP contribution is -2.43. The van der Waals surface area contributed by atoms with Gasteiger partial charge in [-0.1, -0.05) is 20.8 Å². The van der Waals surface area contributed by atoms with Crippen molar-refractivity contribution in [1.82, 2.24) is 4.90 Å². The Bertz CT molecular complexity index is 260. The van der Waals surface area contributed by atoms with Gasteiger partial charge in [0.15, 0.2) is 0 Å². The van der Waals surface area contributed by atoms with Gasteiger partial charge in [-0.2, -0.15) is 0 Å². The highest BCUT2D eigenvalue weighted by molar-refractivity contribution is 5.82. The van der Waals surface area contributed by atoms with E-state index >= 15 is 0 Å². The number of amidine groups is 1. The van der Waals surface area contributed by atoms with Gasteiger partial charge in [0.2, 0.25) is 0 Å². The SMILES string of the molecule is CC1CCCN(CCCC(C)(C)C(=N)N)C1C.